The minimum absolute atomic E-state index is 0.0154. The van der Waals surface area contributed by atoms with Crippen LogP contribution in [0.15, 0.2) is 42.5 Å². The Kier molecular flexibility index (Phi) is 4.70. The molecule has 0 aliphatic carbocycles. The first-order valence-corrected chi connectivity index (χ1v) is 10.5. The van der Waals surface area contributed by atoms with Crippen molar-refractivity contribution in [2.24, 2.45) is 5.92 Å². The molecule has 0 N–H and O–H groups in total. The third-order valence-corrected chi connectivity index (χ3v) is 6.76. The monoisotopic (exact) mass is 398 g/mol. The van der Waals surface area contributed by atoms with Gasteiger partial charge in [-0.2, -0.15) is 0 Å². The van der Waals surface area contributed by atoms with Crippen LogP contribution in [0.25, 0.3) is 0 Å². The predicted molar refractivity (Wildman–Crippen MR) is 109 cm³/mol. The number of anilines is 1. The van der Waals surface area contributed by atoms with Gasteiger partial charge in [0, 0.05) is 23.8 Å². The van der Waals surface area contributed by atoms with E-state index in [0.29, 0.717) is 12.3 Å². The Morgan fingerprint density at radius 2 is 2.04 bits per heavy atom. The Morgan fingerprint density at radius 3 is 2.75 bits per heavy atom. The molecule has 1 fully saturated rings. The van der Waals surface area contributed by atoms with Gasteiger partial charge in [0.05, 0.1) is 12.2 Å². The lowest BCUT2D eigenvalue weighted by atomic mass is 10.0. The number of carbonyl (C=O) groups excluding carboxylic acids is 2. The summed E-state index contributed by atoms with van der Waals surface area (Å²) in [5.74, 6) is 0.0711. The SMILES string of the molecule is Cc1ccc2c(c1)C1(SCCN1C(=O)C(C)C)C(=O)N2Cc1cccc(F)c1. The van der Waals surface area contributed by atoms with Gasteiger partial charge in [0.25, 0.3) is 5.91 Å². The van der Waals surface area contributed by atoms with Gasteiger partial charge < -0.3 is 9.80 Å². The summed E-state index contributed by atoms with van der Waals surface area (Å²) in [5.41, 5.74) is 3.44. The van der Waals surface area contributed by atoms with E-state index in [4.69, 9.17) is 0 Å². The zero-order chi connectivity index (χ0) is 20.1. The largest absolute Gasteiger partial charge is 0.315 e. The Morgan fingerprint density at radius 1 is 1.25 bits per heavy atom. The highest BCUT2D eigenvalue weighted by molar-refractivity contribution is 8.01. The van der Waals surface area contributed by atoms with Crippen molar-refractivity contribution in [3.8, 4) is 0 Å². The number of thioether (sulfide) groups is 1. The molecule has 1 atom stereocenters. The van der Waals surface area contributed by atoms with Crippen LogP contribution < -0.4 is 4.90 Å². The molecule has 0 bridgehead atoms. The summed E-state index contributed by atoms with van der Waals surface area (Å²) >= 11 is 1.52. The molecule has 0 aromatic heterocycles. The van der Waals surface area contributed by atoms with Crippen molar-refractivity contribution >= 4 is 29.3 Å². The van der Waals surface area contributed by atoms with Crippen molar-refractivity contribution in [1.29, 1.82) is 0 Å². The highest BCUT2D eigenvalue weighted by Crippen LogP contribution is 2.54. The van der Waals surface area contributed by atoms with Crippen molar-refractivity contribution in [2.75, 3.05) is 17.2 Å². The summed E-state index contributed by atoms with van der Waals surface area (Å²) in [5, 5.41) is 0. The van der Waals surface area contributed by atoms with Gasteiger partial charge in [-0.3, -0.25) is 9.59 Å². The normalized spacial score (nSPS) is 21.1. The van der Waals surface area contributed by atoms with Gasteiger partial charge in [-0.15, -0.1) is 11.8 Å². The molecular formula is C22H23FN2O2S. The van der Waals surface area contributed by atoms with Gasteiger partial charge in [0.15, 0.2) is 4.87 Å². The Balaban J connectivity index is 1.82. The summed E-state index contributed by atoms with van der Waals surface area (Å²) < 4.78 is 13.7. The third-order valence-electron chi connectivity index (χ3n) is 5.34. The van der Waals surface area contributed by atoms with Crippen LogP contribution in [0, 0.1) is 18.7 Å². The van der Waals surface area contributed by atoms with E-state index in [1.165, 1.54) is 23.9 Å². The van der Waals surface area contributed by atoms with Gasteiger partial charge in [-0.25, -0.2) is 4.39 Å². The van der Waals surface area contributed by atoms with Crippen molar-refractivity contribution < 1.29 is 14.0 Å². The van der Waals surface area contributed by atoms with E-state index in [1.807, 2.05) is 45.0 Å². The zero-order valence-electron chi connectivity index (χ0n) is 16.2. The van der Waals surface area contributed by atoms with Crippen molar-refractivity contribution in [2.45, 2.75) is 32.2 Å². The Bertz CT molecular complexity index is 961. The first-order chi connectivity index (χ1) is 13.3. The Labute approximate surface area is 168 Å². The van der Waals surface area contributed by atoms with E-state index >= 15 is 0 Å². The second-order valence-electron chi connectivity index (χ2n) is 7.68. The maximum Gasteiger partial charge on any atom is 0.268 e. The number of aryl methyl sites for hydroxylation is 1. The summed E-state index contributed by atoms with van der Waals surface area (Å²) in [6, 6.07) is 12.2. The number of hydrogen-bond acceptors (Lipinski definition) is 3. The highest BCUT2D eigenvalue weighted by Gasteiger charge is 2.59. The lowest BCUT2D eigenvalue weighted by Gasteiger charge is -2.34. The van der Waals surface area contributed by atoms with Gasteiger partial charge in [-0.05, 0) is 30.7 Å². The van der Waals surface area contributed by atoms with Crippen molar-refractivity contribution in [3.05, 3.63) is 65.0 Å². The fraction of sp³-hybridized carbons (Fsp3) is 0.364. The van der Waals surface area contributed by atoms with E-state index in [-0.39, 0.29) is 30.1 Å². The molecule has 2 aliphatic heterocycles. The molecule has 0 saturated carbocycles. The number of carbonyl (C=O) groups is 2. The quantitative estimate of drug-likeness (QED) is 0.783. The molecule has 1 saturated heterocycles. The predicted octanol–water partition coefficient (Wildman–Crippen LogP) is 4.07. The summed E-state index contributed by atoms with van der Waals surface area (Å²) in [6.45, 7) is 6.54. The van der Waals surface area contributed by atoms with E-state index in [9.17, 15) is 14.0 Å². The molecule has 4 rings (SSSR count). The number of hydrogen-bond donors (Lipinski definition) is 0. The molecule has 2 amide bonds. The van der Waals surface area contributed by atoms with Crippen molar-refractivity contribution in [3.63, 3.8) is 0 Å². The smallest absolute Gasteiger partial charge is 0.268 e. The zero-order valence-corrected chi connectivity index (χ0v) is 17.1. The van der Waals surface area contributed by atoms with Crippen LogP contribution in [-0.2, 0) is 21.0 Å². The van der Waals surface area contributed by atoms with Gasteiger partial charge in [-0.1, -0.05) is 43.7 Å². The van der Waals surface area contributed by atoms with Gasteiger partial charge >= 0.3 is 0 Å². The van der Waals surface area contributed by atoms with Gasteiger partial charge in [0.2, 0.25) is 5.91 Å². The molecule has 2 heterocycles. The number of fused-ring (bicyclic) bond motifs is 2. The van der Waals surface area contributed by atoms with Crippen LogP contribution in [0.4, 0.5) is 10.1 Å². The van der Waals surface area contributed by atoms with E-state index in [1.54, 1.807) is 15.9 Å². The molecule has 1 unspecified atom stereocenters. The summed E-state index contributed by atoms with van der Waals surface area (Å²) in [6.07, 6.45) is 0. The summed E-state index contributed by atoms with van der Waals surface area (Å²) in [4.78, 5) is 29.1. The minimum Gasteiger partial charge on any atom is -0.315 e. The molecule has 2 aromatic rings. The fourth-order valence-electron chi connectivity index (χ4n) is 4.04. The fourth-order valence-corrected chi connectivity index (χ4v) is 5.50. The average Bonchev–Trinajstić information content (AvgIpc) is 3.18. The molecule has 2 aliphatic rings. The van der Waals surface area contributed by atoms with Gasteiger partial charge in [0.1, 0.15) is 5.82 Å². The number of nitrogens with zero attached hydrogens (tertiary/aromatic N) is 2. The van der Waals surface area contributed by atoms with Crippen LogP contribution >= 0.6 is 11.8 Å². The van der Waals surface area contributed by atoms with Crippen molar-refractivity contribution in [1.82, 2.24) is 4.90 Å². The molecule has 28 heavy (non-hydrogen) atoms. The number of rotatable bonds is 3. The van der Waals surface area contributed by atoms with E-state index < -0.39 is 4.87 Å². The maximum absolute atomic E-state index is 13.7. The molecule has 1 spiro atoms. The van der Waals surface area contributed by atoms with Crippen LogP contribution in [0.1, 0.15) is 30.5 Å². The molecule has 6 heteroatoms. The second-order valence-corrected chi connectivity index (χ2v) is 8.97. The number of halogens is 1. The highest BCUT2D eigenvalue weighted by atomic mass is 32.2. The standard InChI is InChI=1S/C22H23FN2O2S/c1-14(2)20(26)25-9-10-28-22(25)18-11-15(3)7-8-19(18)24(21(22)27)13-16-5-4-6-17(23)12-16/h4-8,11-12,14H,9-10,13H2,1-3H3. The van der Waals surface area contributed by atoms with Crippen LogP contribution in [0.2, 0.25) is 0 Å². The third kappa shape index (κ3) is 2.82. The molecule has 2 aromatic carbocycles. The van der Waals surface area contributed by atoms with Crippen LogP contribution in [0.5, 0.6) is 0 Å². The topological polar surface area (TPSA) is 40.6 Å². The number of benzene rings is 2. The number of amides is 2. The Hall–Kier alpha value is -2.34. The molecule has 0 radical (unpaired) electrons. The molecule has 4 nitrogen and oxygen atoms in total. The maximum atomic E-state index is 13.7. The molecular weight excluding hydrogens is 375 g/mol. The average molecular weight is 399 g/mol. The first kappa shape index (κ1) is 19.0. The van der Waals surface area contributed by atoms with Crippen LogP contribution in [0.3, 0.4) is 0 Å². The second kappa shape index (κ2) is 6.92. The summed E-state index contributed by atoms with van der Waals surface area (Å²) in [7, 11) is 0. The van der Waals surface area contributed by atoms with Crippen LogP contribution in [-0.4, -0.2) is 29.0 Å². The van der Waals surface area contributed by atoms with E-state index in [2.05, 4.69) is 0 Å². The van der Waals surface area contributed by atoms with E-state index in [0.717, 1.165) is 22.4 Å². The minimum atomic E-state index is -1.02. The molecule has 146 valence electrons. The first-order valence-electron chi connectivity index (χ1n) is 9.47. The lowest BCUT2D eigenvalue weighted by molar-refractivity contribution is -0.142. The lowest BCUT2D eigenvalue weighted by Crippen LogP contribution is -2.51.